The first-order chi connectivity index (χ1) is 11.5. The summed E-state index contributed by atoms with van der Waals surface area (Å²) in [5.74, 6) is 1.33. The molecule has 1 atom stereocenters. The molecule has 0 fully saturated rings. The van der Waals surface area contributed by atoms with Gasteiger partial charge in [-0.15, -0.1) is 0 Å². The number of nitrogens with zero attached hydrogens (tertiary/aromatic N) is 2. The van der Waals surface area contributed by atoms with E-state index in [9.17, 15) is 4.79 Å². The minimum atomic E-state index is -0.354. The predicted molar refractivity (Wildman–Crippen MR) is 92.3 cm³/mol. The van der Waals surface area contributed by atoms with E-state index >= 15 is 0 Å². The fourth-order valence-electron chi connectivity index (χ4n) is 2.31. The number of ether oxygens (including phenoxy) is 2. The predicted octanol–water partition coefficient (Wildman–Crippen LogP) is 2.87. The zero-order chi connectivity index (χ0) is 17.5. The Morgan fingerprint density at radius 2 is 1.96 bits per heavy atom. The average Bonchev–Trinajstić information content (AvgIpc) is 3.01. The van der Waals surface area contributed by atoms with Crippen LogP contribution in [0.1, 0.15) is 37.9 Å². The quantitative estimate of drug-likeness (QED) is 0.808. The van der Waals surface area contributed by atoms with Crippen molar-refractivity contribution in [1.29, 1.82) is 0 Å². The molecule has 0 aliphatic carbocycles. The largest absolute Gasteiger partial charge is 0.490 e. The number of hydrogen-bond donors (Lipinski definition) is 1. The van der Waals surface area contributed by atoms with E-state index in [0.29, 0.717) is 25.5 Å². The Morgan fingerprint density at radius 1 is 1.25 bits per heavy atom. The maximum atomic E-state index is 12.3. The lowest BCUT2D eigenvalue weighted by Crippen LogP contribution is -2.30. The number of hydrogen-bond acceptors (Lipinski definition) is 4. The minimum Gasteiger partial charge on any atom is -0.490 e. The molecular formula is C18H25N3O3. The molecule has 6 nitrogen and oxygen atoms in total. The van der Waals surface area contributed by atoms with Gasteiger partial charge in [0.25, 0.3) is 0 Å². The summed E-state index contributed by atoms with van der Waals surface area (Å²) in [5, 5.41) is 7.11. The molecule has 0 saturated carbocycles. The Morgan fingerprint density at radius 3 is 2.58 bits per heavy atom. The van der Waals surface area contributed by atoms with Gasteiger partial charge in [0, 0.05) is 12.7 Å². The Bertz CT molecular complexity index is 682. The van der Waals surface area contributed by atoms with Crippen molar-refractivity contribution in [2.75, 3.05) is 13.2 Å². The SMILES string of the molecule is CCOc1ccc(CNC(=O)C(C)n2cc(C)cn2)cc1OCC. The van der Waals surface area contributed by atoms with Gasteiger partial charge in [0.15, 0.2) is 11.5 Å². The highest BCUT2D eigenvalue weighted by molar-refractivity contribution is 5.79. The molecule has 0 saturated heterocycles. The summed E-state index contributed by atoms with van der Waals surface area (Å²) >= 11 is 0. The third kappa shape index (κ3) is 4.50. The Kier molecular flexibility index (Phi) is 6.23. The van der Waals surface area contributed by atoms with E-state index in [1.807, 2.05) is 52.1 Å². The molecule has 6 heteroatoms. The number of nitrogens with one attached hydrogen (secondary N) is 1. The van der Waals surface area contributed by atoms with Gasteiger partial charge in [-0.3, -0.25) is 9.48 Å². The standard InChI is InChI=1S/C18H25N3O3/c1-5-23-16-8-7-15(9-17(16)24-6-2)11-19-18(22)14(4)21-12-13(3)10-20-21/h7-10,12,14H,5-6,11H2,1-4H3,(H,19,22). The summed E-state index contributed by atoms with van der Waals surface area (Å²) < 4.78 is 12.8. The number of carbonyl (C=O) groups is 1. The highest BCUT2D eigenvalue weighted by Crippen LogP contribution is 2.28. The van der Waals surface area contributed by atoms with Crippen molar-refractivity contribution in [1.82, 2.24) is 15.1 Å². The van der Waals surface area contributed by atoms with Crippen LogP contribution in [0.25, 0.3) is 0 Å². The molecule has 24 heavy (non-hydrogen) atoms. The van der Waals surface area contributed by atoms with Crippen LogP contribution in [0.5, 0.6) is 11.5 Å². The van der Waals surface area contributed by atoms with Crippen LogP contribution in [0.2, 0.25) is 0 Å². The summed E-state index contributed by atoms with van der Waals surface area (Å²) in [4.78, 5) is 12.3. The fourth-order valence-corrected chi connectivity index (χ4v) is 2.31. The van der Waals surface area contributed by atoms with Crippen molar-refractivity contribution in [3.8, 4) is 11.5 Å². The molecule has 2 aromatic rings. The van der Waals surface area contributed by atoms with Gasteiger partial charge in [-0.05, 0) is 51.0 Å². The molecule has 2 rings (SSSR count). The van der Waals surface area contributed by atoms with E-state index in [-0.39, 0.29) is 11.9 Å². The highest BCUT2D eigenvalue weighted by Gasteiger charge is 2.15. The van der Waals surface area contributed by atoms with E-state index in [0.717, 1.165) is 16.9 Å². The second kappa shape index (κ2) is 8.38. The lowest BCUT2D eigenvalue weighted by atomic mass is 10.2. The monoisotopic (exact) mass is 331 g/mol. The molecule has 0 aliphatic rings. The normalized spacial score (nSPS) is 11.8. The summed E-state index contributed by atoms with van der Waals surface area (Å²) in [6, 6.07) is 5.34. The molecule has 1 heterocycles. The molecule has 0 radical (unpaired) electrons. The van der Waals surface area contributed by atoms with Gasteiger partial charge in [0.2, 0.25) is 5.91 Å². The zero-order valence-electron chi connectivity index (χ0n) is 14.7. The van der Waals surface area contributed by atoms with Crippen LogP contribution in [-0.2, 0) is 11.3 Å². The molecule has 1 aromatic heterocycles. The van der Waals surface area contributed by atoms with Crippen molar-refractivity contribution in [3.63, 3.8) is 0 Å². The van der Waals surface area contributed by atoms with E-state index in [2.05, 4.69) is 10.4 Å². The molecule has 1 unspecified atom stereocenters. The van der Waals surface area contributed by atoms with Crippen LogP contribution in [0.15, 0.2) is 30.6 Å². The van der Waals surface area contributed by atoms with Crippen molar-refractivity contribution in [2.24, 2.45) is 0 Å². The summed E-state index contributed by atoms with van der Waals surface area (Å²) in [7, 11) is 0. The first-order valence-electron chi connectivity index (χ1n) is 8.22. The van der Waals surface area contributed by atoms with Crippen molar-refractivity contribution in [2.45, 2.75) is 40.3 Å². The van der Waals surface area contributed by atoms with Crippen molar-refractivity contribution < 1.29 is 14.3 Å². The molecule has 0 aliphatic heterocycles. The molecule has 1 amide bonds. The van der Waals surface area contributed by atoms with E-state index in [1.165, 1.54) is 0 Å². The molecular weight excluding hydrogens is 306 g/mol. The number of aromatic nitrogens is 2. The van der Waals surface area contributed by atoms with Crippen LogP contribution in [0.4, 0.5) is 0 Å². The third-order valence-corrected chi connectivity index (χ3v) is 3.58. The van der Waals surface area contributed by atoms with E-state index in [1.54, 1.807) is 10.9 Å². The summed E-state index contributed by atoms with van der Waals surface area (Å²) in [6.07, 6.45) is 3.60. The molecule has 130 valence electrons. The number of rotatable bonds is 8. The van der Waals surface area contributed by atoms with E-state index < -0.39 is 0 Å². The van der Waals surface area contributed by atoms with Crippen LogP contribution < -0.4 is 14.8 Å². The second-order valence-corrected chi connectivity index (χ2v) is 5.54. The first-order valence-corrected chi connectivity index (χ1v) is 8.22. The second-order valence-electron chi connectivity index (χ2n) is 5.54. The number of benzene rings is 1. The number of aryl methyl sites for hydroxylation is 1. The van der Waals surface area contributed by atoms with Gasteiger partial charge in [-0.2, -0.15) is 5.10 Å². The van der Waals surface area contributed by atoms with Crippen LogP contribution in [-0.4, -0.2) is 28.9 Å². The van der Waals surface area contributed by atoms with Gasteiger partial charge in [0.1, 0.15) is 6.04 Å². The highest BCUT2D eigenvalue weighted by atomic mass is 16.5. The Labute approximate surface area is 142 Å². The lowest BCUT2D eigenvalue weighted by molar-refractivity contribution is -0.124. The van der Waals surface area contributed by atoms with Gasteiger partial charge in [-0.25, -0.2) is 0 Å². The maximum Gasteiger partial charge on any atom is 0.244 e. The fraction of sp³-hybridized carbons (Fsp3) is 0.444. The van der Waals surface area contributed by atoms with Crippen molar-refractivity contribution in [3.05, 3.63) is 41.7 Å². The number of carbonyl (C=O) groups excluding carboxylic acids is 1. The molecule has 0 bridgehead atoms. The first kappa shape index (κ1) is 17.8. The molecule has 1 N–H and O–H groups in total. The van der Waals surface area contributed by atoms with Crippen molar-refractivity contribution >= 4 is 5.91 Å². The van der Waals surface area contributed by atoms with Crippen LogP contribution >= 0.6 is 0 Å². The Balaban J connectivity index is 2.00. The third-order valence-electron chi connectivity index (χ3n) is 3.58. The zero-order valence-corrected chi connectivity index (χ0v) is 14.7. The lowest BCUT2D eigenvalue weighted by Gasteiger charge is -2.15. The van der Waals surface area contributed by atoms with Crippen LogP contribution in [0.3, 0.4) is 0 Å². The van der Waals surface area contributed by atoms with Crippen LogP contribution in [0, 0.1) is 6.92 Å². The molecule has 0 spiro atoms. The van der Waals surface area contributed by atoms with E-state index in [4.69, 9.17) is 9.47 Å². The van der Waals surface area contributed by atoms with Gasteiger partial charge in [-0.1, -0.05) is 6.07 Å². The average molecular weight is 331 g/mol. The number of amides is 1. The van der Waals surface area contributed by atoms with Gasteiger partial charge < -0.3 is 14.8 Å². The van der Waals surface area contributed by atoms with Gasteiger partial charge in [0.05, 0.1) is 19.4 Å². The Hall–Kier alpha value is -2.50. The topological polar surface area (TPSA) is 65.4 Å². The molecule has 1 aromatic carbocycles. The minimum absolute atomic E-state index is 0.0788. The summed E-state index contributed by atoms with van der Waals surface area (Å²) in [6.45, 7) is 9.20. The smallest absolute Gasteiger partial charge is 0.244 e. The van der Waals surface area contributed by atoms with Gasteiger partial charge >= 0.3 is 0 Å². The summed E-state index contributed by atoms with van der Waals surface area (Å²) in [5.41, 5.74) is 1.99. The maximum absolute atomic E-state index is 12.3.